The van der Waals surface area contributed by atoms with Crippen molar-refractivity contribution in [2.75, 3.05) is 14.2 Å². The van der Waals surface area contributed by atoms with E-state index in [2.05, 4.69) is 0 Å². The van der Waals surface area contributed by atoms with E-state index in [4.69, 9.17) is 28.4 Å². The molecule has 6 aromatic carbocycles. The zero-order valence-electron chi connectivity index (χ0n) is 36.9. The van der Waals surface area contributed by atoms with Crippen molar-refractivity contribution in [3.63, 3.8) is 0 Å². The van der Waals surface area contributed by atoms with Crippen molar-refractivity contribution in [3.05, 3.63) is 117 Å². The molecule has 0 fully saturated rings. The third-order valence-electron chi connectivity index (χ3n) is 12.7. The molecule has 0 amide bonds. The summed E-state index contributed by atoms with van der Waals surface area (Å²) in [5.41, 5.74) is 2.89. The average molecular weight is 965 g/mol. The lowest BCUT2D eigenvalue weighted by Gasteiger charge is -2.36. The van der Waals surface area contributed by atoms with Gasteiger partial charge in [-0.05, 0) is 47.5 Å². The van der Waals surface area contributed by atoms with Crippen molar-refractivity contribution in [1.82, 2.24) is 0 Å². The molecule has 2 unspecified atom stereocenters. The van der Waals surface area contributed by atoms with Gasteiger partial charge in [-0.1, -0.05) is 12.1 Å². The fourth-order valence-electron chi connectivity index (χ4n) is 9.25. The zero-order valence-corrected chi connectivity index (χ0v) is 36.9. The molecule has 6 atom stereocenters. The number of hydrogen-bond acceptors (Lipinski definition) is 20. The van der Waals surface area contributed by atoms with Gasteiger partial charge in [0.2, 0.25) is 0 Å². The van der Waals surface area contributed by atoms with E-state index in [-0.39, 0.29) is 83.2 Å². The van der Waals surface area contributed by atoms with Gasteiger partial charge in [-0.3, -0.25) is 9.59 Å². The number of hydrogen-bond donors (Lipinski definition) is 12. The quantitative estimate of drug-likeness (QED) is 0.0662. The molecule has 4 heterocycles. The molecule has 12 N–H and O–H groups in total. The first-order valence-electron chi connectivity index (χ1n) is 21.5. The number of rotatable bonds is 6. The number of ether oxygens (including phenoxy) is 6. The minimum atomic E-state index is -1.10. The SMILES string of the molecule is COC(=O)C[C@@H]1c2cc(O)c(O)cc2Oc2cc(O)c3c(c21)O[C@H](c1ccc(O)c(O)c1)C(O)C3.COC(=O)C[C@H]1c2cc(O)c(O)cc2Oc2cc(O)c3c(c21)O[C@H](c1ccc(O)c(O)c1)C(O)C3. The van der Waals surface area contributed by atoms with Gasteiger partial charge in [0.1, 0.15) is 58.2 Å². The Kier molecular flexibility index (Phi) is 11.8. The minimum absolute atomic E-state index is 0.0145. The van der Waals surface area contributed by atoms with Gasteiger partial charge in [0.25, 0.3) is 0 Å². The molecule has 0 aromatic heterocycles. The Hall–Kier alpha value is -8.62. The van der Waals surface area contributed by atoms with Crippen LogP contribution in [0.2, 0.25) is 0 Å². The van der Waals surface area contributed by atoms with Crippen LogP contribution in [0.5, 0.6) is 92.0 Å². The Morgan fingerprint density at radius 2 is 0.814 bits per heavy atom. The maximum atomic E-state index is 12.3. The summed E-state index contributed by atoms with van der Waals surface area (Å²) in [6.07, 6.45) is -4.53. The second kappa shape index (κ2) is 17.8. The van der Waals surface area contributed by atoms with E-state index in [1.807, 2.05) is 0 Å². The van der Waals surface area contributed by atoms with E-state index in [1.165, 1.54) is 87.0 Å². The molecule has 0 aliphatic carbocycles. The Labute approximate surface area is 395 Å². The number of phenolic OH excluding ortho intramolecular Hbond substituents is 10. The first-order valence-corrected chi connectivity index (χ1v) is 21.5. The normalized spacial score (nSPS) is 20.0. The van der Waals surface area contributed by atoms with Crippen LogP contribution in [0.3, 0.4) is 0 Å². The molecule has 70 heavy (non-hydrogen) atoms. The lowest BCUT2D eigenvalue weighted by Crippen LogP contribution is -2.31. The smallest absolute Gasteiger partial charge is 0.306 e. The van der Waals surface area contributed by atoms with Gasteiger partial charge < -0.3 is 89.7 Å². The standard InChI is InChI=1S/2C25H22O10/c2*1-33-22(32)7-12-11-5-17(29)18(30)9-20(11)34-21-8-15(27)13-6-19(31)24(35-25(13)23(12)21)10-2-3-14(26)16(28)4-10/h2*2-5,8-9,12,19,24,26-31H,6-7H2,1H3/t12-,19?,24+;12-,19?,24-/m01/s1. The van der Waals surface area contributed by atoms with E-state index >= 15 is 0 Å². The summed E-state index contributed by atoms with van der Waals surface area (Å²) in [6.45, 7) is 0. The predicted molar refractivity (Wildman–Crippen MR) is 239 cm³/mol. The van der Waals surface area contributed by atoms with Crippen molar-refractivity contribution in [3.8, 4) is 92.0 Å². The van der Waals surface area contributed by atoms with E-state index in [1.54, 1.807) is 0 Å². The fraction of sp³-hybridized carbons (Fsp3) is 0.240. The van der Waals surface area contributed by atoms with Crippen LogP contribution in [0.25, 0.3) is 0 Å². The molecule has 20 heteroatoms. The number of benzene rings is 6. The lowest BCUT2D eigenvalue weighted by atomic mass is 9.81. The highest BCUT2D eigenvalue weighted by atomic mass is 16.5. The number of aliphatic hydroxyl groups is 2. The second-order valence-corrected chi connectivity index (χ2v) is 17.0. The number of esters is 2. The average Bonchev–Trinajstić information content (AvgIpc) is 3.32. The number of phenols is 10. The maximum Gasteiger partial charge on any atom is 0.306 e. The molecule has 10 rings (SSSR count). The minimum Gasteiger partial charge on any atom is -0.507 e. The maximum absolute atomic E-state index is 12.3. The van der Waals surface area contributed by atoms with Gasteiger partial charge in [0.05, 0.1) is 39.3 Å². The predicted octanol–water partition coefficient (Wildman–Crippen LogP) is 6.10. The molecule has 0 saturated carbocycles. The summed E-state index contributed by atoms with van der Waals surface area (Å²) in [7, 11) is 2.48. The van der Waals surface area contributed by atoms with Crippen molar-refractivity contribution in [1.29, 1.82) is 0 Å². The molecule has 20 nitrogen and oxygen atoms in total. The molecule has 0 radical (unpaired) electrons. The first-order chi connectivity index (χ1) is 33.3. The number of aromatic hydroxyl groups is 10. The van der Waals surface area contributed by atoms with Crippen molar-refractivity contribution >= 4 is 11.9 Å². The lowest BCUT2D eigenvalue weighted by molar-refractivity contribution is -0.141. The van der Waals surface area contributed by atoms with E-state index in [9.17, 15) is 70.9 Å². The first kappa shape index (κ1) is 46.5. The van der Waals surface area contributed by atoms with Gasteiger partial charge in [0.15, 0.2) is 46.0 Å². The number of methoxy groups -OCH3 is 2. The van der Waals surface area contributed by atoms with Crippen LogP contribution in [0.4, 0.5) is 0 Å². The Balaban J connectivity index is 0.000000174. The van der Waals surface area contributed by atoms with Gasteiger partial charge >= 0.3 is 11.9 Å². The summed E-state index contributed by atoms with van der Waals surface area (Å²) in [4.78, 5) is 24.7. The van der Waals surface area contributed by atoms with Crippen LogP contribution < -0.4 is 18.9 Å². The second-order valence-electron chi connectivity index (χ2n) is 17.0. The monoisotopic (exact) mass is 964 g/mol. The summed E-state index contributed by atoms with van der Waals surface area (Å²) in [6, 6.07) is 15.7. The molecule has 4 aliphatic heterocycles. The fourth-order valence-corrected chi connectivity index (χ4v) is 9.25. The molecule has 4 aliphatic rings. The molecular weight excluding hydrogens is 921 g/mol. The number of carbonyl (C=O) groups excluding carboxylic acids is 2. The van der Waals surface area contributed by atoms with Gasteiger partial charge in [-0.2, -0.15) is 0 Å². The Morgan fingerprint density at radius 3 is 1.17 bits per heavy atom. The van der Waals surface area contributed by atoms with Crippen LogP contribution in [-0.2, 0) is 31.9 Å². The highest BCUT2D eigenvalue weighted by Crippen LogP contribution is 2.59. The number of carbonyl (C=O) groups is 2. The summed E-state index contributed by atoms with van der Waals surface area (Å²) in [5, 5.41) is 122. The molecular formula is C50H44O20. The number of aliphatic hydroxyl groups excluding tert-OH is 2. The molecule has 0 spiro atoms. The highest BCUT2D eigenvalue weighted by molar-refractivity contribution is 5.77. The summed E-state index contributed by atoms with van der Waals surface area (Å²) in [5.74, 6) is -5.07. The third-order valence-corrected chi connectivity index (χ3v) is 12.7. The van der Waals surface area contributed by atoms with Crippen molar-refractivity contribution in [2.45, 2.75) is 61.9 Å². The Bertz CT molecular complexity index is 2900. The number of fused-ring (bicyclic) bond motifs is 8. The molecule has 0 bridgehead atoms. The summed E-state index contributed by atoms with van der Waals surface area (Å²) >= 11 is 0. The van der Waals surface area contributed by atoms with E-state index in [0.717, 1.165) is 0 Å². The molecule has 0 saturated heterocycles. The van der Waals surface area contributed by atoms with Crippen LogP contribution in [0, 0.1) is 0 Å². The topological polar surface area (TPSA) is 332 Å². The van der Waals surface area contributed by atoms with Crippen LogP contribution in [-0.4, -0.2) is 99.6 Å². The zero-order chi connectivity index (χ0) is 50.0. The van der Waals surface area contributed by atoms with E-state index < -0.39 is 82.7 Å². The largest absolute Gasteiger partial charge is 0.507 e. The van der Waals surface area contributed by atoms with Crippen LogP contribution in [0.15, 0.2) is 72.8 Å². The van der Waals surface area contributed by atoms with Crippen LogP contribution >= 0.6 is 0 Å². The highest BCUT2D eigenvalue weighted by Gasteiger charge is 2.43. The van der Waals surface area contributed by atoms with Gasteiger partial charge in [-0.15, -0.1) is 0 Å². The third kappa shape index (κ3) is 8.17. The molecule has 6 aromatic rings. The Morgan fingerprint density at radius 1 is 0.471 bits per heavy atom. The summed E-state index contributed by atoms with van der Waals surface area (Å²) < 4.78 is 33.9. The van der Waals surface area contributed by atoms with Gasteiger partial charge in [0, 0.05) is 82.3 Å². The van der Waals surface area contributed by atoms with Gasteiger partial charge in [-0.25, -0.2) is 0 Å². The van der Waals surface area contributed by atoms with Crippen LogP contribution in [0.1, 0.15) is 81.4 Å². The van der Waals surface area contributed by atoms with Crippen molar-refractivity contribution < 1.29 is 99.3 Å². The van der Waals surface area contributed by atoms with Crippen molar-refractivity contribution in [2.24, 2.45) is 0 Å². The molecule has 364 valence electrons. The van der Waals surface area contributed by atoms with E-state index in [0.29, 0.717) is 44.5 Å².